The van der Waals surface area contributed by atoms with E-state index in [1.807, 2.05) is 4.98 Å². The van der Waals surface area contributed by atoms with E-state index in [0.29, 0.717) is 5.02 Å². The molecule has 0 amide bonds. The Morgan fingerprint density at radius 3 is 2.54 bits per heavy atom. The van der Waals surface area contributed by atoms with Gasteiger partial charge in [-0.3, -0.25) is 23.7 Å². The Kier molecular flexibility index (Phi) is 8.99. The molecule has 204 valence electrons. The Morgan fingerprint density at radius 1 is 1.30 bits per heavy atom. The molecule has 15 heteroatoms. The minimum atomic E-state index is -4.36. The van der Waals surface area contributed by atoms with Crippen molar-refractivity contribution >= 4 is 25.3 Å². The second-order valence-electron chi connectivity index (χ2n) is 8.82. The van der Waals surface area contributed by atoms with Crippen LogP contribution in [0.5, 0.6) is 5.75 Å². The van der Waals surface area contributed by atoms with Gasteiger partial charge in [0.2, 0.25) is 0 Å². The smallest absolute Gasteiger partial charge is 0.459 e. The fourth-order valence-corrected chi connectivity index (χ4v) is 5.11. The van der Waals surface area contributed by atoms with E-state index in [4.69, 9.17) is 30.1 Å². The molecule has 1 aromatic heterocycles. The normalized spacial score (nSPS) is 26.0. The van der Waals surface area contributed by atoms with Crippen LogP contribution in [0.1, 0.15) is 33.9 Å². The van der Waals surface area contributed by atoms with Crippen LogP contribution in [-0.4, -0.2) is 57.3 Å². The predicted octanol–water partition coefficient (Wildman–Crippen LogP) is 2.31. The largest absolute Gasteiger partial charge is 0.462 e. The Labute approximate surface area is 216 Å². The van der Waals surface area contributed by atoms with Gasteiger partial charge in [0.15, 0.2) is 11.9 Å². The van der Waals surface area contributed by atoms with E-state index in [9.17, 15) is 24.1 Å². The maximum absolute atomic E-state index is 15.5. The number of rotatable bonds is 10. The van der Waals surface area contributed by atoms with E-state index in [1.54, 1.807) is 13.8 Å². The third kappa shape index (κ3) is 7.07. The van der Waals surface area contributed by atoms with E-state index in [-0.39, 0.29) is 5.75 Å². The third-order valence-corrected chi connectivity index (χ3v) is 7.22. The lowest BCUT2D eigenvalue weighted by Gasteiger charge is -2.25. The van der Waals surface area contributed by atoms with Crippen LogP contribution in [0, 0.1) is 0 Å². The number of hydrogen-bond acceptors (Lipinski definition) is 9. The molecule has 0 saturated carbocycles. The summed E-state index contributed by atoms with van der Waals surface area (Å²) < 4.78 is 51.4. The Morgan fingerprint density at radius 2 is 1.95 bits per heavy atom. The van der Waals surface area contributed by atoms with Crippen LogP contribution >= 0.6 is 19.3 Å². The molecule has 3 rings (SSSR count). The van der Waals surface area contributed by atoms with Gasteiger partial charge in [0.25, 0.3) is 5.56 Å². The van der Waals surface area contributed by atoms with Gasteiger partial charge >= 0.3 is 19.4 Å². The van der Waals surface area contributed by atoms with E-state index in [0.717, 1.165) is 23.8 Å². The molecule has 12 nitrogen and oxygen atoms in total. The Balaban J connectivity index is 1.81. The number of nitrogens with zero attached hydrogens (tertiary/aromatic N) is 1. The highest BCUT2D eigenvalue weighted by atomic mass is 35.5. The van der Waals surface area contributed by atoms with Crippen molar-refractivity contribution < 1.29 is 37.4 Å². The molecule has 1 aliphatic rings. The fourth-order valence-electron chi connectivity index (χ4n) is 3.48. The van der Waals surface area contributed by atoms with Crippen LogP contribution in [0.4, 0.5) is 4.39 Å². The number of H-pyrrole nitrogens is 1. The van der Waals surface area contributed by atoms with E-state index in [1.165, 1.54) is 31.2 Å². The molecular weight excluding hydrogens is 536 g/mol. The molecule has 0 bridgehead atoms. The first-order valence-electron chi connectivity index (χ1n) is 11.2. The number of carbonyl (C=O) groups is 1. The zero-order valence-corrected chi connectivity index (χ0v) is 22.1. The van der Waals surface area contributed by atoms with Crippen LogP contribution in [0.15, 0.2) is 46.1 Å². The zero-order valence-electron chi connectivity index (χ0n) is 20.4. The molecule has 1 aliphatic heterocycles. The third-order valence-electron chi connectivity index (χ3n) is 5.33. The van der Waals surface area contributed by atoms with Crippen LogP contribution in [0.2, 0.25) is 5.02 Å². The van der Waals surface area contributed by atoms with Crippen molar-refractivity contribution in [1.29, 1.82) is 0 Å². The standard InChI is InChI=1S/C22H28ClFN3O9P/c1-12(2)34-19(30)13(3)26-37(32,36-15-7-5-14(23)6-8-15)33-11-16-18(29)22(4,24)20(35-16)27-10-9-17(28)25-21(27)31/h5-10,12-13,16,18,20,29H,11H2,1-4H3,(H,26,32)(H,25,28,31)/t13-,16+,18+,20+,22+,37+/m0/s1. The van der Waals surface area contributed by atoms with Gasteiger partial charge in [-0.25, -0.2) is 13.8 Å². The summed E-state index contributed by atoms with van der Waals surface area (Å²) in [7, 11) is -4.36. The summed E-state index contributed by atoms with van der Waals surface area (Å²) in [5.74, 6) is -0.657. The lowest BCUT2D eigenvalue weighted by atomic mass is 9.98. The molecule has 1 aromatic carbocycles. The number of esters is 1. The van der Waals surface area contributed by atoms with Gasteiger partial charge in [-0.15, -0.1) is 0 Å². The van der Waals surface area contributed by atoms with E-state index in [2.05, 4.69) is 5.09 Å². The maximum Gasteiger partial charge on any atom is 0.459 e. The van der Waals surface area contributed by atoms with Crippen molar-refractivity contribution in [1.82, 2.24) is 14.6 Å². The summed E-state index contributed by atoms with van der Waals surface area (Å²) in [5.41, 5.74) is -4.15. The number of alkyl halides is 1. The number of hydrogen-bond donors (Lipinski definition) is 3. The predicted molar refractivity (Wildman–Crippen MR) is 130 cm³/mol. The van der Waals surface area contributed by atoms with Gasteiger partial charge in [0, 0.05) is 17.3 Å². The summed E-state index contributed by atoms with van der Waals surface area (Å²) in [6.45, 7) is 5.00. The molecule has 0 aliphatic carbocycles. The highest BCUT2D eigenvalue weighted by Gasteiger charge is 2.55. The SMILES string of the molecule is CC(C)OC(=O)[C@H](C)N[P@@](=O)(OC[C@H]1O[C@@H](n2ccc(=O)[nH]c2=O)[C@](C)(F)[C@@H]1O)Oc1ccc(Cl)cc1. The highest BCUT2D eigenvalue weighted by Crippen LogP contribution is 2.47. The highest BCUT2D eigenvalue weighted by molar-refractivity contribution is 7.52. The van der Waals surface area contributed by atoms with Crippen molar-refractivity contribution in [3.05, 3.63) is 62.4 Å². The van der Waals surface area contributed by atoms with Crippen LogP contribution < -0.4 is 20.9 Å². The van der Waals surface area contributed by atoms with Crippen LogP contribution in [0.25, 0.3) is 0 Å². The Hall–Kier alpha value is -2.54. The number of aromatic nitrogens is 2. The number of ether oxygens (including phenoxy) is 2. The summed E-state index contributed by atoms with van der Waals surface area (Å²) in [6.07, 6.45) is -4.29. The number of aliphatic hydroxyl groups is 1. The molecule has 2 heterocycles. The number of aromatic amines is 1. The van der Waals surface area contributed by atoms with Gasteiger partial charge < -0.3 is 19.1 Å². The lowest BCUT2D eigenvalue weighted by Crippen LogP contribution is -2.43. The first kappa shape index (κ1) is 29.0. The zero-order chi connectivity index (χ0) is 27.5. The van der Waals surface area contributed by atoms with E-state index < -0.39 is 67.8 Å². The minimum Gasteiger partial charge on any atom is -0.462 e. The molecule has 0 unspecified atom stereocenters. The maximum atomic E-state index is 15.5. The van der Waals surface area contributed by atoms with Crippen molar-refractivity contribution in [3.63, 3.8) is 0 Å². The summed E-state index contributed by atoms with van der Waals surface area (Å²) in [5, 5.41) is 13.4. The number of nitrogens with one attached hydrogen (secondary N) is 2. The molecule has 3 N–H and O–H groups in total. The number of benzene rings is 1. The second kappa shape index (κ2) is 11.5. The molecule has 2 aromatic rings. The van der Waals surface area contributed by atoms with Gasteiger partial charge in [0.1, 0.15) is 24.0 Å². The van der Waals surface area contributed by atoms with Gasteiger partial charge in [-0.1, -0.05) is 11.6 Å². The molecule has 6 atom stereocenters. The van der Waals surface area contributed by atoms with E-state index >= 15 is 4.39 Å². The minimum absolute atomic E-state index is 0.0746. The fraction of sp³-hybridized carbons (Fsp3) is 0.500. The monoisotopic (exact) mass is 563 g/mol. The molecule has 1 fully saturated rings. The average Bonchev–Trinajstić information content (AvgIpc) is 3.02. The number of aliphatic hydroxyl groups excluding tert-OH is 1. The molecule has 0 radical (unpaired) electrons. The first-order chi connectivity index (χ1) is 17.2. The van der Waals surface area contributed by atoms with Crippen molar-refractivity contribution in [2.24, 2.45) is 0 Å². The van der Waals surface area contributed by atoms with Crippen molar-refractivity contribution in [2.75, 3.05) is 6.61 Å². The lowest BCUT2D eigenvalue weighted by molar-refractivity contribution is -0.149. The second-order valence-corrected chi connectivity index (χ2v) is 10.9. The van der Waals surface area contributed by atoms with Gasteiger partial charge in [0.05, 0.1) is 12.7 Å². The van der Waals surface area contributed by atoms with Gasteiger partial charge in [-0.2, -0.15) is 5.09 Å². The van der Waals surface area contributed by atoms with Crippen LogP contribution in [-0.2, 0) is 23.4 Å². The molecule has 1 saturated heterocycles. The summed E-state index contributed by atoms with van der Waals surface area (Å²) in [4.78, 5) is 37.8. The molecule has 0 spiro atoms. The molecule has 37 heavy (non-hydrogen) atoms. The topological polar surface area (TPSA) is 158 Å². The molecular formula is C22H28ClFN3O9P. The number of halogens is 2. The summed E-state index contributed by atoms with van der Waals surface area (Å²) in [6, 6.07) is 5.62. The number of carbonyl (C=O) groups excluding carboxylic acids is 1. The van der Waals surface area contributed by atoms with Gasteiger partial charge in [-0.05, 0) is 52.0 Å². The Bertz CT molecular complexity index is 1270. The van der Waals surface area contributed by atoms with Crippen molar-refractivity contribution in [3.8, 4) is 5.75 Å². The summed E-state index contributed by atoms with van der Waals surface area (Å²) >= 11 is 5.87. The average molecular weight is 564 g/mol. The first-order valence-corrected chi connectivity index (χ1v) is 13.2. The van der Waals surface area contributed by atoms with Crippen molar-refractivity contribution in [2.45, 2.75) is 63.9 Å². The quantitative estimate of drug-likeness (QED) is 0.289. The van der Waals surface area contributed by atoms with Crippen LogP contribution in [0.3, 0.4) is 0 Å².